The molecule has 0 spiro atoms. The maximum atomic E-state index is 14.3. The van der Waals surface area contributed by atoms with Gasteiger partial charge in [-0.05, 0) is 50.5 Å². The molecule has 1 N–H and O–H groups in total. The van der Waals surface area contributed by atoms with Gasteiger partial charge in [-0.3, -0.25) is 9.78 Å². The Morgan fingerprint density at radius 3 is 2.81 bits per heavy atom. The Morgan fingerprint density at radius 1 is 1.19 bits per heavy atom. The van der Waals surface area contributed by atoms with Crippen LogP contribution >= 0.6 is 0 Å². The number of amides is 1. The summed E-state index contributed by atoms with van der Waals surface area (Å²) < 4.78 is 19.8. The van der Waals surface area contributed by atoms with Crippen molar-refractivity contribution in [1.82, 2.24) is 9.88 Å². The molecule has 0 radical (unpaired) electrons. The smallest absolute Gasteiger partial charge is 0.258 e. The topological polar surface area (TPSA) is 54.5 Å². The number of ether oxygens (including phenoxy) is 1. The number of carbonyl (C=O) groups is 1. The molecule has 0 unspecified atom stereocenters. The molecule has 0 bridgehead atoms. The van der Waals surface area contributed by atoms with E-state index in [1.807, 2.05) is 31.1 Å². The molecule has 26 heavy (non-hydrogen) atoms. The zero-order valence-corrected chi connectivity index (χ0v) is 14.7. The first-order chi connectivity index (χ1) is 12.5. The largest absolute Gasteiger partial charge is 0.492 e. The maximum absolute atomic E-state index is 14.3. The van der Waals surface area contributed by atoms with Gasteiger partial charge in [0.05, 0.1) is 16.8 Å². The van der Waals surface area contributed by atoms with Gasteiger partial charge in [-0.2, -0.15) is 0 Å². The van der Waals surface area contributed by atoms with Crippen LogP contribution in [0.4, 0.5) is 10.1 Å². The fourth-order valence-electron chi connectivity index (χ4n) is 2.52. The zero-order valence-electron chi connectivity index (χ0n) is 14.7. The van der Waals surface area contributed by atoms with E-state index < -0.39 is 11.7 Å². The molecule has 0 saturated heterocycles. The maximum Gasteiger partial charge on any atom is 0.258 e. The van der Waals surface area contributed by atoms with Crippen molar-refractivity contribution in [3.8, 4) is 5.75 Å². The summed E-state index contributed by atoms with van der Waals surface area (Å²) in [5.41, 5.74) is 1.31. The third-order valence-electron chi connectivity index (χ3n) is 3.89. The summed E-state index contributed by atoms with van der Waals surface area (Å²) >= 11 is 0. The van der Waals surface area contributed by atoms with Gasteiger partial charge >= 0.3 is 0 Å². The van der Waals surface area contributed by atoms with Crippen molar-refractivity contribution < 1.29 is 13.9 Å². The van der Waals surface area contributed by atoms with Crippen molar-refractivity contribution in [2.75, 3.05) is 32.6 Å². The van der Waals surface area contributed by atoms with E-state index in [1.54, 1.807) is 30.5 Å². The van der Waals surface area contributed by atoms with Crippen LogP contribution in [0.2, 0.25) is 0 Å². The number of pyridine rings is 1. The molecule has 2 aromatic carbocycles. The fraction of sp³-hybridized carbons (Fsp3) is 0.200. The van der Waals surface area contributed by atoms with E-state index in [-0.39, 0.29) is 5.56 Å². The molecule has 3 aromatic rings. The molecule has 3 rings (SSSR count). The standard InChI is InChI=1S/C20H20FN3O2/c1-24(2)11-12-26-14-8-9-15(17(21)13-14)20(25)23-19-7-3-6-18-16(19)5-4-10-22-18/h3-10,13H,11-12H2,1-2H3,(H,23,25). The SMILES string of the molecule is CN(C)CCOc1ccc(C(=O)Nc2cccc3ncccc23)c(F)c1. The molecule has 0 aliphatic rings. The lowest BCUT2D eigenvalue weighted by Crippen LogP contribution is -2.19. The minimum Gasteiger partial charge on any atom is -0.492 e. The second-order valence-corrected chi connectivity index (χ2v) is 6.12. The van der Waals surface area contributed by atoms with Crippen molar-refractivity contribution in [2.45, 2.75) is 0 Å². The van der Waals surface area contributed by atoms with Crippen LogP contribution < -0.4 is 10.1 Å². The van der Waals surface area contributed by atoms with E-state index in [2.05, 4.69) is 10.3 Å². The lowest BCUT2D eigenvalue weighted by atomic mass is 10.1. The van der Waals surface area contributed by atoms with Crippen LogP contribution in [0.15, 0.2) is 54.7 Å². The molecule has 0 aliphatic heterocycles. The lowest BCUT2D eigenvalue weighted by Gasteiger charge is -2.12. The van der Waals surface area contributed by atoms with Gasteiger partial charge in [0.2, 0.25) is 0 Å². The number of hydrogen-bond donors (Lipinski definition) is 1. The third kappa shape index (κ3) is 4.15. The number of likely N-dealkylation sites (N-methyl/N-ethyl adjacent to an activating group) is 1. The molecule has 134 valence electrons. The normalized spacial score (nSPS) is 10.9. The van der Waals surface area contributed by atoms with Crippen molar-refractivity contribution in [3.63, 3.8) is 0 Å². The highest BCUT2D eigenvalue weighted by Crippen LogP contribution is 2.23. The number of aromatic nitrogens is 1. The number of rotatable bonds is 6. The van der Waals surface area contributed by atoms with Crippen LogP contribution in [0.25, 0.3) is 10.9 Å². The van der Waals surface area contributed by atoms with Gasteiger partial charge in [0, 0.05) is 24.2 Å². The van der Waals surface area contributed by atoms with Gasteiger partial charge in [-0.15, -0.1) is 0 Å². The second-order valence-electron chi connectivity index (χ2n) is 6.12. The van der Waals surface area contributed by atoms with Crippen LogP contribution in [0.5, 0.6) is 5.75 Å². The predicted octanol–water partition coefficient (Wildman–Crippen LogP) is 3.57. The molecule has 0 atom stereocenters. The van der Waals surface area contributed by atoms with E-state index in [0.29, 0.717) is 18.0 Å². The molecule has 1 amide bonds. The van der Waals surface area contributed by atoms with Gasteiger partial charge in [0.15, 0.2) is 0 Å². The lowest BCUT2D eigenvalue weighted by molar-refractivity contribution is 0.102. The van der Waals surface area contributed by atoms with E-state index in [1.165, 1.54) is 12.1 Å². The first-order valence-corrected chi connectivity index (χ1v) is 8.27. The Kier molecular flexibility index (Phi) is 5.43. The summed E-state index contributed by atoms with van der Waals surface area (Å²) in [6, 6.07) is 13.3. The molecule has 5 nitrogen and oxygen atoms in total. The van der Waals surface area contributed by atoms with Crippen LogP contribution in [0, 0.1) is 5.82 Å². The first-order valence-electron chi connectivity index (χ1n) is 8.27. The Morgan fingerprint density at radius 2 is 2.04 bits per heavy atom. The Bertz CT molecular complexity index is 923. The number of halogens is 1. The summed E-state index contributed by atoms with van der Waals surface area (Å²) in [7, 11) is 3.86. The number of carbonyl (C=O) groups excluding carboxylic acids is 1. The van der Waals surface area contributed by atoms with E-state index >= 15 is 0 Å². The molecule has 1 heterocycles. The van der Waals surface area contributed by atoms with Gasteiger partial charge in [0.25, 0.3) is 5.91 Å². The quantitative estimate of drug-likeness (QED) is 0.736. The van der Waals surface area contributed by atoms with Gasteiger partial charge in [-0.25, -0.2) is 4.39 Å². The average Bonchev–Trinajstić information content (AvgIpc) is 2.62. The van der Waals surface area contributed by atoms with E-state index in [9.17, 15) is 9.18 Å². The molecule has 0 saturated carbocycles. The Labute approximate surface area is 151 Å². The summed E-state index contributed by atoms with van der Waals surface area (Å²) in [6.07, 6.45) is 1.68. The van der Waals surface area contributed by atoms with E-state index in [4.69, 9.17) is 4.74 Å². The second kappa shape index (κ2) is 7.93. The van der Waals surface area contributed by atoms with Crippen molar-refractivity contribution in [3.05, 3.63) is 66.1 Å². The average molecular weight is 353 g/mol. The number of nitrogens with zero attached hydrogens (tertiary/aromatic N) is 2. The van der Waals surface area contributed by atoms with Gasteiger partial charge in [-0.1, -0.05) is 6.07 Å². The number of benzene rings is 2. The highest BCUT2D eigenvalue weighted by Gasteiger charge is 2.14. The minimum absolute atomic E-state index is 0.0362. The molecule has 1 aromatic heterocycles. The van der Waals surface area contributed by atoms with Crippen LogP contribution in [-0.4, -0.2) is 43.0 Å². The molecule has 0 aliphatic carbocycles. The van der Waals surface area contributed by atoms with Crippen LogP contribution in [-0.2, 0) is 0 Å². The monoisotopic (exact) mass is 353 g/mol. The summed E-state index contributed by atoms with van der Waals surface area (Å²) in [5.74, 6) is -0.739. The Hall–Kier alpha value is -2.99. The van der Waals surface area contributed by atoms with Gasteiger partial charge < -0.3 is 15.0 Å². The first kappa shape index (κ1) is 17.8. The van der Waals surface area contributed by atoms with Crippen molar-refractivity contribution in [2.24, 2.45) is 0 Å². The third-order valence-corrected chi connectivity index (χ3v) is 3.89. The van der Waals surface area contributed by atoms with Crippen LogP contribution in [0.3, 0.4) is 0 Å². The highest BCUT2D eigenvalue weighted by molar-refractivity contribution is 6.08. The van der Waals surface area contributed by atoms with Gasteiger partial charge in [0.1, 0.15) is 18.2 Å². The molecule has 0 fully saturated rings. The molecular weight excluding hydrogens is 333 g/mol. The number of anilines is 1. The number of fused-ring (bicyclic) bond motifs is 1. The summed E-state index contributed by atoms with van der Waals surface area (Å²) in [5, 5.41) is 3.55. The fourth-order valence-corrected chi connectivity index (χ4v) is 2.52. The summed E-state index contributed by atoms with van der Waals surface area (Å²) in [4.78, 5) is 18.7. The van der Waals surface area contributed by atoms with Crippen LogP contribution in [0.1, 0.15) is 10.4 Å². The Balaban J connectivity index is 1.75. The number of hydrogen-bond acceptors (Lipinski definition) is 4. The highest BCUT2D eigenvalue weighted by atomic mass is 19.1. The minimum atomic E-state index is -0.622. The summed E-state index contributed by atoms with van der Waals surface area (Å²) in [6.45, 7) is 1.17. The molecular formula is C20H20FN3O2. The zero-order chi connectivity index (χ0) is 18.5. The van der Waals surface area contributed by atoms with E-state index in [0.717, 1.165) is 17.4 Å². The predicted molar refractivity (Wildman–Crippen MR) is 100 cm³/mol. The van der Waals surface area contributed by atoms with Crippen molar-refractivity contribution in [1.29, 1.82) is 0 Å². The van der Waals surface area contributed by atoms with Crippen molar-refractivity contribution >= 4 is 22.5 Å². The number of nitrogens with one attached hydrogen (secondary N) is 1. The molecule has 6 heteroatoms.